The molecule has 2 amide bonds. The van der Waals surface area contributed by atoms with Gasteiger partial charge in [0.05, 0.1) is 5.69 Å². The van der Waals surface area contributed by atoms with Crippen LogP contribution in [0.25, 0.3) is 10.8 Å². The molecule has 3 aromatic rings. The fourth-order valence-electron chi connectivity index (χ4n) is 3.68. The summed E-state index contributed by atoms with van der Waals surface area (Å²) in [7, 11) is 0. The maximum Gasteiger partial charge on any atom is 0.259 e. The first-order valence-corrected chi connectivity index (χ1v) is 8.71. The Balaban J connectivity index is 1.69. The third-order valence-corrected chi connectivity index (χ3v) is 5.09. The highest BCUT2D eigenvalue weighted by Crippen LogP contribution is 2.38. The summed E-state index contributed by atoms with van der Waals surface area (Å²) in [6.07, 6.45) is 0. The Bertz CT molecular complexity index is 1030. The van der Waals surface area contributed by atoms with Crippen molar-refractivity contribution in [3.05, 3.63) is 71.3 Å². The Kier molecular flexibility index (Phi) is 3.76. The SMILES string of the molecule is Cc1cccc(C)c1NC(=O)[C@H](C)N1C(=O)c2cccc3cccc1c23. The van der Waals surface area contributed by atoms with E-state index in [2.05, 4.69) is 5.32 Å². The number of amides is 2. The number of anilines is 2. The van der Waals surface area contributed by atoms with E-state index in [0.717, 1.165) is 33.3 Å². The molecule has 130 valence electrons. The van der Waals surface area contributed by atoms with Gasteiger partial charge < -0.3 is 5.32 Å². The van der Waals surface area contributed by atoms with E-state index >= 15 is 0 Å². The van der Waals surface area contributed by atoms with Crippen LogP contribution in [-0.4, -0.2) is 17.9 Å². The second-order valence-corrected chi connectivity index (χ2v) is 6.79. The van der Waals surface area contributed by atoms with Crippen molar-refractivity contribution in [1.82, 2.24) is 0 Å². The van der Waals surface area contributed by atoms with E-state index in [1.807, 2.05) is 68.4 Å². The summed E-state index contributed by atoms with van der Waals surface area (Å²) in [5.74, 6) is -0.318. The Labute approximate surface area is 152 Å². The smallest absolute Gasteiger partial charge is 0.259 e. The van der Waals surface area contributed by atoms with E-state index in [9.17, 15) is 9.59 Å². The van der Waals surface area contributed by atoms with Gasteiger partial charge in [-0.25, -0.2) is 0 Å². The highest BCUT2D eigenvalue weighted by molar-refractivity contribution is 6.27. The van der Waals surface area contributed by atoms with Gasteiger partial charge in [0.1, 0.15) is 6.04 Å². The molecule has 1 aliphatic rings. The molecule has 0 bridgehead atoms. The van der Waals surface area contributed by atoms with Crippen molar-refractivity contribution in [2.45, 2.75) is 26.8 Å². The van der Waals surface area contributed by atoms with E-state index in [0.29, 0.717) is 5.56 Å². The van der Waals surface area contributed by atoms with E-state index in [-0.39, 0.29) is 11.8 Å². The van der Waals surface area contributed by atoms with E-state index in [1.165, 1.54) is 0 Å². The Morgan fingerprint density at radius 3 is 2.27 bits per heavy atom. The zero-order valence-electron chi connectivity index (χ0n) is 15.0. The van der Waals surface area contributed by atoms with Gasteiger partial charge >= 0.3 is 0 Å². The molecule has 1 N–H and O–H groups in total. The second kappa shape index (κ2) is 5.99. The minimum absolute atomic E-state index is 0.124. The molecule has 3 aromatic carbocycles. The number of nitrogens with one attached hydrogen (secondary N) is 1. The minimum Gasteiger partial charge on any atom is -0.324 e. The number of hydrogen-bond acceptors (Lipinski definition) is 2. The molecule has 0 aliphatic carbocycles. The van der Waals surface area contributed by atoms with Gasteiger partial charge in [-0.3, -0.25) is 14.5 Å². The van der Waals surface area contributed by atoms with Gasteiger partial charge in [0, 0.05) is 16.6 Å². The Hall–Kier alpha value is -3.14. The predicted octanol–water partition coefficient (Wildman–Crippen LogP) is 4.44. The van der Waals surface area contributed by atoms with Gasteiger partial charge in [0.25, 0.3) is 5.91 Å². The molecule has 1 aliphatic heterocycles. The number of nitrogens with zero attached hydrogens (tertiary/aromatic N) is 1. The summed E-state index contributed by atoms with van der Waals surface area (Å²) in [5.41, 5.74) is 4.27. The summed E-state index contributed by atoms with van der Waals surface area (Å²) in [4.78, 5) is 27.5. The van der Waals surface area contributed by atoms with Crippen LogP contribution < -0.4 is 10.2 Å². The standard InChI is InChI=1S/C22H20N2O2/c1-13-7-4-8-14(2)20(13)23-21(25)15(3)24-18-12-6-10-16-9-5-11-17(19(16)18)22(24)26/h4-12,15H,1-3H3,(H,23,25)/t15-/m0/s1. The molecule has 0 radical (unpaired) electrons. The molecule has 0 aromatic heterocycles. The van der Waals surface area contributed by atoms with E-state index in [1.54, 1.807) is 11.8 Å². The lowest BCUT2D eigenvalue weighted by atomic mass is 10.1. The molecule has 0 saturated carbocycles. The van der Waals surface area contributed by atoms with Gasteiger partial charge in [0.15, 0.2) is 0 Å². The van der Waals surface area contributed by atoms with Crippen LogP contribution in [0.4, 0.5) is 11.4 Å². The van der Waals surface area contributed by atoms with Crippen LogP contribution in [0.3, 0.4) is 0 Å². The molecule has 0 unspecified atom stereocenters. The summed E-state index contributed by atoms with van der Waals surface area (Å²) < 4.78 is 0. The van der Waals surface area contributed by atoms with Crippen LogP contribution in [0.5, 0.6) is 0 Å². The largest absolute Gasteiger partial charge is 0.324 e. The molecule has 0 spiro atoms. The van der Waals surface area contributed by atoms with Crippen LogP contribution >= 0.6 is 0 Å². The van der Waals surface area contributed by atoms with Crippen molar-refractivity contribution >= 4 is 34.0 Å². The first kappa shape index (κ1) is 16.3. The van der Waals surface area contributed by atoms with E-state index in [4.69, 9.17) is 0 Å². The summed E-state index contributed by atoms with van der Waals surface area (Å²) in [6.45, 7) is 5.70. The lowest BCUT2D eigenvalue weighted by Crippen LogP contribution is -2.44. The van der Waals surface area contributed by atoms with Gasteiger partial charge in [-0.15, -0.1) is 0 Å². The third kappa shape index (κ3) is 2.37. The second-order valence-electron chi connectivity index (χ2n) is 6.79. The molecule has 0 saturated heterocycles. The molecule has 4 heteroatoms. The average molecular weight is 344 g/mol. The summed E-state index contributed by atoms with van der Waals surface area (Å²) in [5, 5.41) is 4.94. The number of carbonyl (C=O) groups is 2. The van der Waals surface area contributed by atoms with Gasteiger partial charge in [-0.2, -0.15) is 0 Å². The first-order chi connectivity index (χ1) is 12.5. The zero-order chi connectivity index (χ0) is 18.4. The zero-order valence-corrected chi connectivity index (χ0v) is 15.0. The Morgan fingerprint density at radius 1 is 0.962 bits per heavy atom. The fourth-order valence-corrected chi connectivity index (χ4v) is 3.68. The highest BCUT2D eigenvalue weighted by Gasteiger charge is 2.35. The summed E-state index contributed by atoms with van der Waals surface area (Å²) >= 11 is 0. The third-order valence-electron chi connectivity index (χ3n) is 5.09. The number of hydrogen-bond donors (Lipinski definition) is 1. The number of benzene rings is 3. The maximum atomic E-state index is 13.0. The van der Waals surface area contributed by atoms with Gasteiger partial charge in [-0.1, -0.05) is 42.5 Å². The van der Waals surface area contributed by atoms with Crippen LogP contribution in [0.2, 0.25) is 0 Å². The minimum atomic E-state index is -0.612. The number of para-hydroxylation sites is 1. The number of rotatable bonds is 3. The Morgan fingerprint density at radius 2 is 1.58 bits per heavy atom. The topological polar surface area (TPSA) is 49.4 Å². The van der Waals surface area contributed by atoms with Gasteiger partial charge in [-0.05, 0) is 49.4 Å². The molecule has 4 nitrogen and oxygen atoms in total. The maximum absolute atomic E-state index is 13.0. The van der Waals surface area contributed by atoms with Crippen molar-refractivity contribution in [2.24, 2.45) is 0 Å². The van der Waals surface area contributed by atoms with Crippen molar-refractivity contribution in [3.63, 3.8) is 0 Å². The molecule has 1 heterocycles. The lowest BCUT2D eigenvalue weighted by molar-refractivity contribution is -0.117. The average Bonchev–Trinajstić information content (AvgIpc) is 2.92. The quantitative estimate of drug-likeness (QED) is 0.763. The van der Waals surface area contributed by atoms with E-state index < -0.39 is 6.04 Å². The van der Waals surface area contributed by atoms with Crippen molar-refractivity contribution in [2.75, 3.05) is 10.2 Å². The van der Waals surface area contributed by atoms with Crippen LogP contribution in [-0.2, 0) is 4.79 Å². The normalized spacial score (nSPS) is 14.0. The molecule has 1 atom stereocenters. The number of aryl methyl sites for hydroxylation is 2. The van der Waals surface area contributed by atoms with Crippen LogP contribution in [0.1, 0.15) is 28.4 Å². The highest BCUT2D eigenvalue weighted by atomic mass is 16.2. The van der Waals surface area contributed by atoms with Crippen LogP contribution in [0, 0.1) is 13.8 Å². The van der Waals surface area contributed by atoms with Crippen molar-refractivity contribution in [3.8, 4) is 0 Å². The van der Waals surface area contributed by atoms with Gasteiger partial charge in [0.2, 0.25) is 5.91 Å². The summed E-state index contributed by atoms with van der Waals surface area (Å²) in [6, 6.07) is 16.8. The molecular weight excluding hydrogens is 324 g/mol. The molecule has 0 fully saturated rings. The fraction of sp³-hybridized carbons (Fsp3) is 0.182. The molecule has 26 heavy (non-hydrogen) atoms. The molecule has 4 rings (SSSR count). The van der Waals surface area contributed by atoms with Crippen molar-refractivity contribution < 1.29 is 9.59 Å². The van der Waals surface area contributed by atoms with Crippen molar-refractivity contribution in [1.29, 1.82) is 0 Å². The monoisotopic (exact) mass is 344 g/mol. The van der Waals surface area contributed by atoms with Crippen LogP contribution in [0.15, 0.2) is 54.6 Å². The lowest BCUT2D eigenvalue weighted by Gasteiger charge is -2.25. The number of carbonyl (C=O) groups excluding carboxylic acids is 2. The molecular formula is C22H20N2O2. The predicted molar refractivity (Wildman–Crippen MR) is 105 cm³/mol. The first-order valence-electron chi connectivity index (χ1n) is 8.71.